The van der Waals surface area contributed by atoms with E-state index in [1.54, 1.807) is 0 Å². The van der Waals surface area contributed by atoms with Crippen LogP contribution in [0.1, 0.15) is 30.7 Å². The largest absolute Gasteiger partial charge is 0.256 e. The third kappa shape index (κ3) is 2.19. The molecule has 0 amide bonds. The molecule has 2 nitrogen and oxygen atoms in total. The zero-order valence-corrected chi connectivity index (χ0v) is 18.4. The van der Waals surface area contributed by atoms with E-state index in [0.29, 0.717) is 0 Å². The molecule has 152 valence electrons. The number of aromatic nitrogens is 2. The first-order valence-electron chi connectivity index (χ1n) is 11.2. The lowest BCUT2D eigenvalue weighted by molar-refractivity contribution is 0.624. The van der Waals surface area contributed by atoms with Gasteiger partial charge in [-0.15, -0.1) is 0 Å². The van der Waals surface area contributed by atoms with Crippen LogP contribution in [0.2, 0.25) is 0 Å². The predicted octanol–water partition coefficient (Wildman–Crippen LogP) is 7.70. The van der Waals surface area contributed by atoms with E-state index in [2.05, 4.69) is 93.6 Å². The highest BCUT2D eigenvalue weighted by molar-refractivity contribution is 6.21. The van der Waals surface area contributed by atoms with Crippen LogP contribution in [0, 0.1) is 6.92 Å². The summed E-state index contributed by atoms with van der Waals surface area (Å²) in [6.45, 7) is 6.78. The van der Waals surface area contributed by atoms with Crippen molar-refractivity contribution in [1.29, 1.82) is 0 Å². The van der Waals surface area contributed by atoms with Crippen LogP contribution in [0.4, 0.5) is 0 Å². The average Bonchev–Trinajstić information content (AvgIpc) is 2.81. The molecule has 0 aliphatic heterocycles. The van der Waals surface area contributed by atoms with Crippen molar-refractivity contribution in [2.45, 2.75) is 26.2 Å². The zero-order chi connectivity index (χ0) is 21.6. The maximum atomic E-state index is 5.17. The Bertz CT molecular complexity index is 1760. The Morgan fingerprint density at radius 2 is 1.56 bits per heavy atom. The summed E-state index contributed by atoms with van der Waals surface area (Å²) in [4.78, 5) is 10.1. The Balaban J connectivity index is 1.71. The van der Waals surface area contributed by atoms with Crippen LogP contribution in [0.15, 0.2) is 79.0 Å². The summed E-state index contributed by atoms with van der Waals surface area (Å²) in [5.74, 6) is 0. The molecule has 0 saturated carbocycles. The van der Waals surface area contributed by atoms with Gasteiger partial charge >= 0.3 is 0 Å². The highest BCUT2D eigenvalue weighted by atomic mass is 14.8. The molecule has 4 aromatic carbocycles. The van der Waals surface area contributed by atoms with E-state index >= 15 is 0 Å². The maximum Gasteiger partial charge on any atom is 0.0802 e. The monoisotopic (exact) mass is 410 g/mol. The van der Waals surface area contributed by atoms with Gasteiger partial charge in [0.15, 0.2) is 0 Å². The molecule has 0 unspecified atom stereocenters. The van der Waals surface area contributed by atoms with E-state index in [9.17, 15) is 0 Å². The SMILES string of the molecule is Cc1ccc2ccc3c4ccnc5c4c(cc3c2c1)C(C)(C)c1nc2ccccc2cc1-5. The molecule has 2 heteroatoms. The van der Waals surface area contributed by atoms with Gasteiger partial charge in [0, 0.05) is 27.9 Å². The molecule has 0 atom stereocenters. The van der Waals surface area contributed by atoms with Crippen molar-refractivity contribution in [3.8, 4) is 11.3 Å². The number of aryl methyl sites for hydroxylation is 1. The summed E-state index contributed by atoms with van der Waals surface area (Å²) in [6.07, 6.45) is 1.96. The minimum absolute atomic E-state index is 0.228. The zero-order valence-electron chi connectivity index (χ0n) is 18.4. The van der Waals surface area contributed by atoms with E-state index in [-0.39, 0.29) is 5.41 Å². The quantitative estimate of drug-likeness (QED) is 0.240. The molecule has 6 aromatic rings. The standard InChI is InChI=1S/C30H22N2/c1-17-8-9-18-10-11-20-21-12-13-31-28-24-15-19-6-4-5-7-26(19)32-29(24)30(2,3)25(27(21)28)16-23(20)22(18)14-17/h4-16H,1-3H3. The lowest BCUT2D eigenvalue weighted by Crippen LogP contribution is -2.25. The fraction of sp³-hybridized carbons (Fsp3) is 0.133. The molecule has 0 radical (unpaired) electrons. The molecule has 2 aromatic heterocycles. The van der Waals surface area contributed by atoms with Crippen molar-refractivity contribution in [2.75, 3.05) is 0 Å². The van der Waals surface area contributed by atoms with Crippen LogP contribution in [0.3, 0.4) is 0 Å². The van der Waals surface area contributed by atoms with E-state index < -0.39 is 0 Å². The Kier molecular flexibility index (Phi) is 3.30. The van der Waals surface area contributed by atoms with Crippen LogP contribution in [0.25, 0.3) is 54.5 Å². The second-order valence-electron chi connectivity index (χ2n) is 9.59. The van der Waals surface area contributed by atoms with Gasteiger partial charge in [-0.2, -0.15) is 0 Å². The van der Waals surface area contributed by atoms with E-state index in [1.165, 1.54) is 43.4 Å². The molecule has 0 N–H and O–H groups in total. The number of benzene rings is 4. The van der Waals surface area contributed by atoms with Gasteiger partial charge in [-0.25, -0.2) is 0 Å². The molecule has 0 fully saturated rings. The number of fused-ring (bicyclic) bond motifs is 7. The molecular weight excluding hydrogens is 388 g/mol. The van der Waals surface area contributed by atoms with Crippen molar-refractivity contribution >= 4 is 43.2 Å². The fourth-order valence-corrected chi connectivity index (χ4v) is 5.62. The van der Waals surface area contributed by atoms with Gasteiger partial charge in [0.1, 0.15) is 0 Å². The highest BCUT2D eigenvalue weighted by Gasteiger charge is 2.36. The van der Waals surface area contributed by atoms with Crippen molar-refractivity contribution in [3.63, 3.8) is 0 Å². The van der Waals surface area contributed by atoms with Crippen LogP contribution in [-0.4, -0.2) is 9.97 Å². The van der Waals surface area contributed by atoms with E-state index in [1.807, 2.05) is 6.20 Å². The van der Waals surface area contributed by atoms with Crippen LogP contribution >= 0.6 is 0 Å². The van der Waals surface area contributed by atoms with Gasteiger partial charge in [-0.3, -0.25) is 9.97 Å². The molecule has 32 heavy (non-hydrogen) atoms. The number of rotatable bonds is 0. The number of hydrogen-bond donors (Lipinski definition) is 0. The predicted molar refractivity (Wildman–Crippen MR) is 134 cm³/mol. The molecule has 1 aliphatic carbocycles. The molecule has 0 saturated heterocycles. The van der Waals surface area contributed by atoms with Gasteiger partial charge < -0.3 is 0 Å². The number of hydrogen-bond acceptors (Lipinski definition) is 2. The highest BCUT2D eigenvalue weighted by Crippen LogP contribution is 2.50. The number of pyridine rings is 2. The van der Waals surface area contributed by atoms with Crippen molar-refractivity contribution in [2.24, 2.45) is 0 Å². The average molecular weight is 411 g/mol. The Labute approximate surface area is 186 Å². The lowest BCUT2D eigenvalue weighted by atomic mass is 9.71. The summed E-state index contributed by atoms with van der Waals surface area (Å²) in [5, 5.41) is 8.89. The summed E-state index contributed by atoms with van der Waals surface area (Å²) >= 11 is 0. The number of para-hydroxylation sites is 1. The summed E-state index contributed by atoms with van der Waals surface area (Å²) in [5.41, 5.74) is 6.73. The fourth-order valence-electron chi connectivity index (χ4n) is 5.62. The molecular formula is C30H22N2. The van der Waals surface area contributed by atoms with Gasteiger partial charge in [-0.1, -0.05) is 67.9 Å². The van der Waals surface area contributed by atoms with Crippen molar-refractivity contribution in [1.82, 2.24) is 9.97 Å². The maximum absolute atomic E-state index is 5.17. The minimum Gasteiger partial charge on any atom is -0.256 e. The number of nitrogens with zero attached hydrogens (tertiary/aromatic N) is 2. The minimum atomic E-state index is -0.228. The Hall–Kier alpha value is -3.78. The van der Waals surface area contributed by atoms with Crippen LogP contribution in [-0.2, 0) is 5.41 Å². The van der Waals surface area contributed by atoms with Crippen molar-refractivity contribution < 1.29 is 0 Å². The third-order valence-corrected chi connectivity index (χ3v) is 7.26. The molecule has 0 spiro atoms. The van der Waals surface area contributed by atoms with Gasteiger partial charge in [-0.05, 0) is 63.7 Å². The first-order valence-corrected chi connectivity index (χ1v) is 11.2. The van der Waals surface area contributed by atoms with E-state index in [0.717, 1.165) is 27.9 Å². The Morgan fingerprint density at radius 1 is 0.719 bits per heavy atom. The molecule has 0 bridgehead atoms. The lowest BCUT2D eigenvalue weighted by Gasteiger charge is -2.34. The topological polar surface area (TPSA) is 25.8 Å². The summed E-state index contributed by atoms with van der Waals surface area (Å²) in [7, 11) is 0. The molecule has 7 rings (SSSR count). The molecule has 1 aliphatic rings. The Morgan fingerprint density at radius 3 is 2.47 bits per heavy atom. The second kappa shape index (κ2) is 5.92. The van der Waals surface area contributed by atoms with E-state index in [4.69, 9.17) is 9.97 Å². The first-order chi connectivity index (χ1) is 15.5. The van der Waals surface area contributed by atoms with Crippen LogP contribution < -0.4 is 0 Å². The first kappa shape index (κ1) is 17.9. The van der Waals surface area contributed by atoms with Crippen LogP contribution in [0.5, 0.6) is 0 Å². The third-order valence-electron chi connectivity index (χ3n) is 7.26. The normalized spacial score (nSPS) is 14.3. The van der Waals surface area contributed by atoms with Crippen molar-refractivity contribution in [3.05, 3.63) is 95.8 Å². The summed E-state index contributed by atoms with van der Waals surface area (Å²) < 4.78 is 0. The second-order valence-corrected chi connectivity index (χ2v) is 9.59. The van der Waals surface area contributed by atoms with Gasteiger partial charge in [0.2, 0.25) is 0 Å². The summed E-state index contributed by atoms with van der Waals surface area (Å²) in [6, 6.07) is 26.5. The smallest absolute Gasteiger partial charge is 0.0802 e. The van der Waals surface area contributed by atoms with Gasteiger partial charge in [0.25, 0.3) is 0 Å². The van der Waals surface area contributed by atoms with Gasteiger partial charge in [0.05, 0.1) is 16.9 Å². The molecule has 2 heterocycles.